The van der Waals surface area contributed by atoms with Gasteiger partial charge in [-0.3, -0.25) is 4.79 Å². The molecule has 0 fully saturated rings. The molecule has 3 aromatic rings. The van der Waals surface area contributed by atoms with E-state index in [2.05, 4.69) is 5.32 Å². The molecule has 0 aliphatic rings. The number of amides is 1. The number of hydrogen-bond acceptors (Lipinski definition) is 5. The molecule has 0 saturated carbocycles. The number of carbonyl (C=O) groups is 2. The first-order valence-corrected chi connectivity index (χ1v) is 10.4. The molecule has 1 N–H and O–H groups in total. The Hall–Kier alpha value is -3.09. The Morgan fingerprint density at radius 2 is 1.80 bits per heavy atom. The summed E-state index contributed by atoms with van der Waals surface area (Å²) < 4.78 is 10.4. The predicted molar refractivity (Wildman–Crippen MR) is 121 cm³/mol. The largest absolute Gasteiger partial charge is 0.497 e. The van der Waals surface area contributed by atoms with E-state index in [9.17, 15) is 9.59 Å². The van der Waals surface area contributed by atoms with Crippen LogP contribution >= 0.6 is 22.9 Å². The van der Waals surface area contributed by atoms with Crippen LogP contribution in [0.5, 0.6) is 5.75 Å². The van der Waals surface area contributed by atoms with E-state index in [-0.39, 0.29) is 12.5 Å². The lowest BCUT2D eigenvalue weighted by Gasteiger charge is -2.08. The summed E-state index contributed by atoms with van der Waals surface area (Å²) in [4.78, 5) is 25.0. The minimum atomic E-state index is -0.485. The third-order valence-corrected chi connectivity index (χ3v) is 5.35. The average Bonchev–Trinajstić information content (AvgIpc) is 3.17. The number of halogens is 1. The van der Waals surface area contributed by atoms with Crippen LogP contribution in [-0.2, 0) is 9.53 Å². The number of nitrogens with one attached hydrogen (secondary N) is 1. The maximum absolute atomic E-state index is 12.6. The highest BCUT2D eigenvalue weighted by Crippen LogP contribution is 2.36. The first-order valence-electron chi connectivity index (χ1n) is 9.19. The van der Waals surface area contributed by atoms with Crippen molar-refractivity contribution in [2.75, 3.05) is 19.0 Å². The van der Waals surface area contributed by atoms with Crippen molar-refractivity contribution in [3.8, 4) is 16.9 Å². The van der Waals surface area contributed by atoms with Gasteiger partial charge in [0.25, 0.3) is 0 Å². The fourth-order valence-corrected chi connectivity index (χ4v) is 3.82. The summed E-state index contributed by atoms with van der Waals surface area (Å²) in [7, 11) is 1.59. The molecule has 5 nitrogen and oxygen atoms in total. The number of thiophene rings is 1. The van der Waals surface area contributed by atoms with Gasteiger partial charge in [0.15, 0.2) is 0 Å². The quantitative estimate of drug-likeness (QED) is 0.366. The number of methoxy groups -OCH3 is 1. The predicted octanol–water partition coefficient (Wildman–Crippen LogP) is 5.91. The zero-order valence-corrected chi connectivity index (χ0v) is 18.0. The average molecular weight is 442 g/mol. The van der Waals surface area contributed by atoms with Crippen LogP contribution in [0.1, 0.15) is 22.8 Å². The molecule has 0 saturated heterocycles. The van der Waals surface area contributed by atoms with Gasteiger partial charge >= 0.3 is 5.97 Å². The molecule has 7 heteroatoms. The summed E-state index contributed by atoms with van der Waals surface area (Å²) in [5.41, 5.74) is 2.69. The van der Waals surface area contributed by atoms with E-state index in [1.54, 1.807) is 32.2 Å². The van der Waals surface area contributed by atoms with E-state index in [0.29, 0.717) is 26.9 Å². The highest BCUT2D eigenvalue weighted by Gasteiger charge is 2.22. The molecule has 30 heavy (non-hydrogen) atoms. The summed E-state index contributed by atoms with van der Waals surface area (Å²) >= 11 is 7.14. The standard InChI is InChI=1S/C23H20ClNO4S/c1-3-29-23(27)21-19(16-7-11-18(28-2)12-8-16)14-30-22(21)25-20(26)13-6-15-4-9-17(24)10-5-15/h4-14H,3H2,1-2H3,(H,25,26)/b13-6+. The van der Waals surface area contributed by atoms with Crippen molar-refractivity contribution in [2.45, 2.75) is 6.92 Å². The Morgan fingerprint density at radius 3 is 2.43 bits per heavy atom. The van der Waals surface area contributed by atoms with Crippen LogP contribution in [0.15, 0.2) is 60.0 Å². The van der Waals surface area contributed by atoms with E-state index in [1.807, 2.05) is 41.8 Å². The van der Waals surface area contributed by atoms with Gasteiger partial charge in [0.05, 0.1) is 13.7 Å². The van der Waals surface area contributed by atoms with Gasteiger partial charge in [-0.2, -0.15) is 0 Å². The van der Waals surface area contributed by atoms with Crippen LogP contribution in [0.4, 0.5) is 5.00 Å². The number of benzene rings is 2. The molecule has 0 aliphatic heterocycles. The normalized spacial score (nSPS) is 10.8. The summed E-state index contributed by atoms with van der Waals surface area (Å²) in [6, 6.07) is 14.5. The highest BCUT2D eigenvalue weighted by atomic mass is 35.5. The molecule has 1 heterocycles. The van der Waals surface area contributed by atoms with Crippen molar-refractivity contribution >= 4 is 45.9 Å². The molecule has 1 amide bonds. The lowest BCUT2D eigenvalue weighted by Crippen LogP contribution is -2.12. The lowest BCUT2D eigenvalue weighted by atomic mass is 10.0. The summed E-state index contributed by atoms with van der Waals surface area (Å²) in [5.74, 6) is -0.118. The molecular formula is C23H20ClNO4S. The zero-order valence-electron chi connectivity index (χ0n) is 16.5. The molecule has 0 aliphatic carbocycles. The maximum Gasteiger partial charge on any atom is 0.341 e. The van der Waals surface area contributed by atoms with E-state index >= 15 is 0 Å². The lowest BCUT2D eigenvalue weighted by molar-refractivity contribution is -0.111. The van der Waals surface area contributed by atoms with Gasteiger partial charge in [-0.1, -0.05) is 35.9 Å². The topological polar surface area (TPSA) is 64.6 Å². The second-order valence-corrected chi connectivity index (χ2v) is 7.49. The minimum absolute atomic E-state index is 0.237. The van der Waals surface area contributed by atoms with E-state index in [0.717, 1.165) is 11.1 Å². The maximum atomic E-state index is 12.6. The van der Waals surface area contributed by atoms with Crippen molar-refractivity contribution in [1.82, 2.24) is 0 Å². The van der Waals surface area contributed by atoms with Gasteiger partial charge in [0.1, 0.15) is 16.3 Å². The van der Waals surface area contributed by atoms with Crippen molar-refractivity contribution < 1.29 is 19.1 Å². The number of esters is 1. The molecule has 0 bridgehead atoms. The van der Waals surface area contributed by atoms with Crippen LogP contribution in [0.3, 0.4) is 0 Å². The fraction of sp³-hybridized carbons (Fsp3) is 0.130. The first kappa shape index (κ1) is 21.6. The van der Waals surface area contributed by atoms with Crippen molar-refractivity contribution in [3.63, 3.8) is 0 Å². The van der Waals surface area contributed by atoms with Gasteiger partial charge < -0.3 is 14.8 Å². The van der Waals surface area contributed by atoms with Gasteiger partial charge in [-0.15, -0.1) is 11.3 Å². The number of carbonyl (C=O) groups excluding carboxylic acids is 2. The van der Waals surface area contributed by atoms with Crippen LogP contribution in [0.25, 0.3) is 17.2 Å². The van der Waals surface area contributed by atoms with Gasteiger partial charge in [-0.25, -0.2) is 4.79 Å². The van der Waals surface area contributed by atoms with E-state index in [1.165, 1.54) is 17.4 Å². The van der Waals surface area contributed by atoms with Crippen LogP contribution < -0.4 is 10.1 Å². The molecule has 0 unspecified atom stereocenters. The van der Waals surface area contributed by atoms with Crippen molar-refractivity contribution in [3.05, 3.63) is 76.1 Å². The third-order valence-electron chi connectivity index (χ3n) is 4.21. The molecular weight excluding hydrogens is 422 g/mol. The number of ether oxygens (including phenoxy) is 2. The van der Waals surface area contributed by atoms with Crippen LogP contribution in [-0.4, -0.2) is 25.6 Å². The monoisotopic (exact) mass is 441 g/mol. The Bertz CT molecular complexity index is 1060. The smallest absolute Gasteiger partial charge is 0.341 e. The van der Waals surface area contributed by atoms with Crippen LogP contribution in [0, 0.1) is 0 Å². The van der Waals surface area contributed by atoms with Crippen molar-refractivity contribution in [1.29, 1.82) is 0 Å². The molecule has 1 aromatic heterocycles. The second-order valence-electron chi connectivity index (χ2n) is 6.18. The Balaban J connectivity index is 1.86. The molecule has 154 valence electrons. The molecule has 0 radical (unpaired) electrons. The highest BCUT2D eigenvalue weighted by molar-refractivity contribution is 7.15. The summed E-state index contributed by atoms with van der Waals surface area (Å²) in [6.45, 7) is 1.98. The summed E-state index contributed by atoms with van der Waals surface area (Å²) in [5, 5.41) is 5.67. The number of hydrogen-bond donors (Lipinski definition) is 1. The molecule has 0 spiro atoms. The van der Waals surface area contributed by atoms with Crippen molar-refractivity contribution in [2.24, 2.45) is 0 Å². The second kappa shape index (κ2) is 10.1. The first-order chi connectivity index (χ1) is 14.5. The van der Waals surface area contributed by atoms with Gasteiger partial charge in [0.2, 0.25) is 5.91 Å². The summed E-state index contributed by atoms with van der Waals surface area (Å²) in [6.07, 6.45) is 3.08. The van der Waals surface area contributed by atoms with Gasteiger partial charge in [0, 0.05) is 22.0 Å². The van der Waals surface area contributed by atoms with Crippen LogP contribution in [0.2, 0.25) is 5.02 Å². The Kier molecular flexibility index (Phi) is 7.27. The number of anilines is 1. The molecule has 3 rings (SSSR count). The fourth-order valence-electron chi connectivity index (χ4n) is 2.74. The Morgan fingerprint density at radius 1 is 1.10 bits per heavy atom. The van der Waals surface area contributed by atoms with Gasteiger partial charge in [-0.05, 0) is 48.4 Å². The molecule has 2 aromatic carbocycles. The van der Waals surface area contributed by atoms with E-state index in [4.69, 9.17) is 21.1 Å². The minimum Gasteiger partial charge on any atom is -0.497 e. The SMILES string of the molecule is CCOC(=O)c1c(-c2ccc(OC)cc2)csc1NC(=O)/C=C/c1ccc(Cl)cc1. The van der Waals surface area contributed by atoms with E-state index < -0.39 is 5.97 Å². The molecule has 0 atom stereocenters. The zero-order chi connectivity index (χ0) is 21.5. The number of rotatable bonds is 7. The Labute approximate surface area is 183 Å². The third kappa shape index (κ3) is 5.28.